The molecule has 9 heteroatoms. The van der Waals surface area contributed by atoms with Crippen LogP contribution < -0.4 is 10.5 Å². The number of carbonyl (C=O) groups is 1. The van der Waals surface area contributed by atoms with Crippen LogP contribution in [0.5, 0.6) is 0 Å². The van der Waals surface area contributed by atoms with Gasteiger partial charge < -0.3 is 10.6 Å². The van der Waals surface area contributed by atoms with E-state index in [1.165, 1.54) is 12.1 Å². The van der Waals surface area contributed by atoms with Crippen molar-refractivity contribution in [2.75, 3.05) is 19.6 Å². The van der Waals surface area contributed by atoms with Crippen molar-refractivity contribution < 1.29 is 13.2 Å². The zero-order chi connectivity index (χ0) is 16.5. The first-order valence-electron chi connectivity index (χ1n) is 6.90. The molecule has 0 radical (unpaired) electrons. The predicted molar refractivity (Wildman–Crippen MR) is 87.5 cm³/mol. The molecule has 0 aliphatic carbocycles. The van der Waals surface area contributed by atoms with E-state index in [9.17, 15) is 13.2 Å². The molecule has 1 atom stereocenters. The fourth-order valence-electron chi connectivity index (χ4n) is 2.37. The average Bonchev–Trinajstić information content (AvgIpc) is 2.86. The number of amides is 1. The Bertz CT molecular complexity index is 657. The smallest absolute Gasteiger partial charge is 0.250 e. The van der Waals surface area contributed by atoms with E-state index in [4.69, 9.17) is 17.3 Å². The highest BCUT2D eigenvalue weighted by Gasteiger charge is 2.35. The minimum absolute atomic E-state index is 0.0431. The van der Waals surface area contributed by atoms with E-state index in [0.717, 1.165) is 11.3 Å². The Balaban J connectivity index is 1.96. The summed E-state index contributed by atoms with van der Waals surface area (Å²) in [6.45, 7) is 4.84. The largest absolute Gasteiger partial charge is 0.341 e. The number of halogens is 1. The van der Waals surface area contributed by atoms with Gasteiger partial charge in [0.1, 0.15) is 4.21 Å². The van der Waals surface area contributed by atoms with Crippen LogP contribution in [0.3, 0.4) is 0 Å². The van der Waals surface area contributed by atoms with Crippen LogP contribution >= 0.6 is 22.9 Å². The van der Waals surface area contributed by atoms with Crippen LogP contribution in [0.4, 0.5) is 0 Å². The molecule has 0 saturated carbocycles. The van der Waals surface area contributed by atoms with Gasteiger partial charge in [0.25, 0.3) is 10.0 Å². The topological polar surface area (TPSA) is 92.5 Å². The van der Waals surface area contributed by atoms with Gasteiger partial charge in [-0.05, 0) is 24.0 Å². The van der Waals surface area contributed by atoms with Crippen molar-refractivity contribution in [3.8, 4) is 0 Å². The maximum atomic E-state index is 12.2. The van der Waals surface area contributed by atoms with E-state index in [2.05, 4.69) is 4.72 Å². The van der Waals surface area contributed by atoms with Gasteiger partial charge in [-0.3, -0.25) is 4.79 Å². The van der Waals surface area contributed by atoms with Gasteiger partial charge in [-0.1, -0.05) is 25.4 Å². The van der Waals surface area contributed by atoms with Gasteiger partial charge in [0.2, 0.25) is 5.91 Å². The second kappa shape index (κ2) is 6.45. The summed E-state index contributed by atoms with van der Waals surface area (Å²) in [5.41, 5.74) is 5.86. The maximum Gasteiger partial charge on any atom is 0.250 e. The maximum absolute atomic E-state index is 12.2. The molecule has 0 spiro atoms. The lowest BCUT2D eigenvalue weighted by Gasteiger charge is -2.42. The highest BCUT2D eigenvalue weighted by atomic mass is 35.5. The molecule has 1 fully saturated rings. The number of hydrogen-bond acceptors (Lipinski definition) is 5. The molecule has 2 rings (SSSR count). The lowest BCUT2D eigenvalue weighted by atomic mass is 9.80. The first-order chi connectivity index (χ1) is 10.1. The summed E-state index contributed by atoms with van der Waals surface area (Å²) in [5, 5.41) is 0. The molecule has 1 aliphatic heterocycles. The molecule has 124 valence electrons. The van der Waals surface area contributed by atoms with Crippen LogP contribution in [0, 0.1) is 5.41 Å². The van der Waals surface area contributed by atoms with E-state index in [-0.39, 0.29) is 28.1 Å². The zero-order valence-corrected chi connectivity index (χ0v) is 14.9. The van der Waals surface area contributed by atoms with Crippen molar-refractivity contribution in [3.63, 3.8) is 0 Å². The number of nitrogens with two attached hydrogens (primary N) is 1. The normalized spacial score (nSPS) is 21.8. The molecule has 0 aromatic carbocycles. The molecular formula is C13H20ClN3O3S2. The van der Waals surface area contributed by atoms with Crippen molar-refractivity contribution >= 4 is 38.9 Å². The van der Waals surface area contributed by atoms with Crippen molar-refractivity contribution in [3.05, 3.63) is 16.5 Å². The SMILES string of the molecule is CC1(C)CN(C(=O)CNS(=O)(=O)c2ccc(Cl)s2)CCC1N. The fraction of sp³-hybridized carbons (Fsp3) is 0.615. The first kappa shape index (κ1) is 17.7. The van der Waals surface area contributed by atoms with E-state index >= 15 is 0 Å². The molecule has 1 aromatic heterocycles. The van der Waals surface area contributed by atoms with Crippen LogP contribution in [-0.2, 0) is 14.8 Å². The van der Waals surface area contributed by atoms with Gasteiger partial charge in [-0.2, -0.15) is 0 Å². The van der Waals surface area contributed by atoms with Crippen molar-refractivity contribution in [1.29, 1.82) is 0 Å². The monoisotopic (exact) mass is 365 g/mol. The Morgan fingerprint density at radius 3 is 2.77 bits per heavy atom. The molecule has 3 N–H and O–H groups in total. The number of sulfonamides is 1. The second-order valence-corrected chi connectivity index (χ2v) is 9.79. The molecule has 1 saturated heterocycles. The average molecular weight is 366 g/mol. The van der Waals surface area contributed by atoms with Gasteiger partial charge in [0, 0.05) is 19.1 Å². The number of rotatable bonds is 4. The molecule has 22 heavy (non-hydrogen) atoms. The van der Waals surface area contributed by atoms with Crippen LogP contribution in [0.25, 0.3) is 0 Å². The van der Waals surface area contributed by atoms with Gasteiger partial charge in [0.05, 0.1) is 10.9 Å². The summed E-state index contributed by atoms with van der Waals surface area (Å²) in [6.07, 6.45) is 0.714. The number of thiophene rings is 1. The summed E-state index contributed by atoms with van der Waals surface area (Å²) in [6, 6.07) is 2.97. The van der Waals surface area contributed by atoms with Crippen LogP contribution in [0.2, 0.25) is 4.34 Å². The van der Waals surface area contributed by atoms with E-state index in [0.29, 0.717) is 23.8 Å². The highest BCUT2D eigenvalue weighted by molar-refractivity contribution is 7.91. The van der Waals surface area contributed by atoms with Crippen LogP contribution in [-0.4, -0.2) is 44.9 Å². The van der Waals surface area contributed by atoms with Gasteiger partial charge in [-0.25, -0.2) is 13.1 Å². The zero-order valence-electron chi connectivity index (χ0n) is 12.5. The summed E-state index contributed by atoms with van der Waals surface area (Å²) < 4.78 is 26.9. The Labute approximate surface area is 139 Å². The van der Waals surface area contributed by atoms with Crippen LogP contribution in [0.15, 0.2) is 16.3 Å². The highest BCUT2D eigenvalue weighted by Crippen LogP contribution is 2.28. The lowest BCUT2D eigenvalue weighted by Crippen LogP contribution is -2.55. The molecule has 1 aromatic rings. The Hall–Kier alpha value is -0.670. The number of nitrogens with zero attached hydrogens (tertiary/aromatic N) is 1. The second-order valence-electron chi connectivity index (χ2n) is 6.08. The minimum atomic E-state index is -3.70. The minimum Gasteiger partial charge on any atom is -0.341 e. The molecule has 0 bridgehead atoms. The molecule has 1 unspecified atom stereocenters. The van der Waals surface area contributed by atoms with Gasteiger partial charge in [0.15, 0.2) is 0 Å². The van der Waals surface area contributed by atoms with Crippen LogP contribution in [0.1, 0.15) is 20.3 Å². The summed E-state index contributed by atoms with van der Waals surface area (Å²) >= 11 is 6.69. The molecule has 1 amide bonds. The standard InChI is InChI=1S/C13H20ClN3O3S2/c1-13(2)8-17(6-5-9(13)15)11(18)7-16-22(19,20)12-4-3-10(14)21-12/h3-4,9,16H,5-8,15H2,1-2H3. The van der Waals surface area contributed by atoms with E-state index in [1.54, 1.807) is 4.90 Å². The van der Waals surface area contributed by atoms with E-state index in [1.807, 2.05) is 13.8 Å². The Kier molecular flexibility index (Phi) is 5.18. The Morgan fingerprint density at radius 2 is 2.23 bits per heavy atom. The quantitative estimate of drug-likeness (QED) is 0.840. The number of likely N-dealkylation sites (tertiary alicyclic amines) is 1. The third-order valence-corrected chi connectivity index (χ3v) is 7.02. The number of carbonyl (C=O) groups excluding carboxylic acids is 1. The molecule has 6 nitrogen and oxygen atoms in total. The number of hydrogen-bond donors (Lipinski definition) is 2. The number of nitrogens with one attached hydrogen (secondary N) is 1. The predicted octanol–water partition coefficient (Wildman–Crippen LogP) is 1.27. The molecular weight excluding hydrogens is 346 g/mol. The van der Waals surface area contributed by atoms with Gasteiger partial charge >= 0.3 is 0 Å². The van der Waals surface area contributed by atoms with Crippen molar-refractivity contribution in [1.82, 2.24) is 9.62 Å². The van der Waals surface area contributed by atoms with Crippen molar-refractivity contribution in [2.24, 2.45) is 11.1 Å². The summed E-state index contributed by atoms with van der Waals surface area (Å²) in [7, 11) is -3.70. The first-order valence-corrected chi connectivity index (χ1v) is 9.58. The Morgan fingerprint density at radius 1 is 1.55 bits per heavy atom. The molecule has 1 aliphatic rings. The number of piperidine rings is 1. The van der Waals surface area contributed by atoms with Gasteiger partial charge in [-0.15, -0.1) is 11.3 Å². The molecule has 2 heterocycles. The fourth-order valence-corrected chi connectivity index (χ4v) is 4.87. The lowest BCUT2D eigenvalue weighted by molar-refractivity contribution is -0.133. The van der Waals surface area contributed by atoms with Crippen molar-refractivity contribution in [2.45, 2.75) is 30.5 Å². The third kappa shape index (κ3) is 3.99. The third-order valence-electron chi connectivity index (χ3n) is 3.89. The summed E-state index contributed by atoms with van der Waals surface area (Å²) in [4.78, 5) is 13.9. The van der Waals surface area contributed by atoms with E-state index < -0.39 is 10.0 Å². The summed E-state index contributed by atoms with van der Waals surface area (Å²) in [5.74, 6) is -0.244.